The second-order valence-corrected chi connectivity index (χ2v) is 4.48. The molecule has 2 amide bonds. The summed E-state index contributed by atoms with van der Waals surface area (Å²) in [5.41, 5.74) is -0.216. The fourth-order valence-electron chi connectivity index (χ4n) is 1.36. The van der Waals surface area contributed by atoms with Gasteiger partial charge in [0.05, 0.1) is 5.69 Å². The highest BCUT2D eigenvalue weighted by atomic mass is 19.3. The van der Waals surface area contributed by atoms with Gasteiger partial charge in [0, 0.05) is 19.2 Å². The molecule has 1 aromatic carbocycles. The molecular weight excluding hydrogens is 289 g/mol. The number of anilines is 1. The van der Waals surface area contributed by atoms with E-state index in [1.807, 2.05) is 0 Å². The Kier molecular flexibility index (Phi) is 5.57. The van der Waals surface area contributed by atoms with Crippen LogP contribution in [0, 0.1) is 5.82 Å². The smallest absolute Gasteiger partial charge is 0.387 e. The van der Waals surface area contributed by atoms with E-state index in [2.05, 4.69) is 10.1 Å². The average molecular weight is 304 g/mol. The molecule has 21 heavy (non-hydrogen) atoms. The number of likely N-dealkylation sites (N-methyl/N-ethyl adjacent to an activating group) is 1. The number of hydrogen-bond donors (Lipinski definition) is 1. The maximum absolute atomic E-state index is 13.0. The Labute approximate surface area is 119 Å². The highest BCUT2D eigenvalue weighted by Gasteiger charge is 2.22. The molecule has 5 nitrogen and oxygen atoms in total. The molecule has 1 rings (SSSR count). The van der Waals surface area contributed by atoms with Crippen LogP contribution >= 0.6 is 0 Å². The number of benzene rings is 1. The molecule has 0 aliphatic carbocycles. The zero-order valence-corrected chi connectivity index (χ0v) is 11.7. The van der Waals surface area contributed by atoms with Crippen LogP contribution in [0.15, 0.2) is 18.2 Å². The van der Waals surface area contributed by atoms with E-state index in [1.54, 1.807) is 13.8 Å². The Morgan fingerprint density at radius 2 is 1.90 bits per heavy atom. The predicted octanol–water partition coefficient (Wildman–Crippen LogP) is 2.23. The molecular formula is C13H15F3N2O3. The fraction of sp³-hybridized carbons (Fsp3) is 0.385. The molecule has 8 heteroatoms. The van der Waals surface area contributed by atoms with Crippen LogP contribution in [0.4, 0.5) is 18.9 Å². The molecule has 0 saturated heterocycles. The molecule has 0 bridgehead atoms. The number of hydrogen-bond acceptors (Lipinski definition) is 3. The highest BCUT2D eigenvalue weighted by Crippen LogP contribution is 2.27. The molecule has 0 radical (unpaired) electrons. The number of halogens is 3. The first kappa shape index (κ1) is 16.8. The number of carbonyl (C=O) groups is 2. The Morgan fingerprint density at radius 1 is 1.29 bits per heavy atom. The second kappa shape index (κ2) is 6.96. The summed E-state index contributed by atoms with van der Waals surface area (Å²) in [5, 5.41) is 2.12. The molecule has 116 valence electrons. The summed E-state index contributed by atoms with van der Waals surface area (Å²) in [6.45, 7) is 0.222. The first-order valence-electron chi connectivity index (χ1n) is 6.05. The number of alkyl halides is 2. The van der Waals surface area contributed by atoms with E-state index < -0.39 is 30.0 Å². The first-order valence-corrected chi connectivity index (χ1v) is 6.05. The minimum atomic E-state index is -3.18. The standard InChI is InChI=1S/C13H15F3N2O3/c1-7(2)18(3)12(20)11(19)17-9-5-4-8(14)6-10(9)21-13(15)16/h4-7,13H,1-3H3,(H,17,19). The van der Waals surface area contributed by atoms with Crippen LogP contribution in [-0.2, 0) is 9.59 Å². The van der Waals surface area contributed by atoms with Crippen LogP contribution in [0.1, 0.15) is 13.8 Å². The van der Waals surface area contributed by atoms with Crippen molar-refractivity contribution in [3.05, 3.63) is 24.0 Å². The molecule has 0 unspecified atom stereocenters. The molecule has 0 aliphatic rings. The maximum atomic E-state index is 13.0. The summed E-state index contributed by atoms with van der Waals surface area (Å²) in [6, 6.07) is 2.46. The first-order chi connectivity index (χ1) is 9.72. The van der Waals surface area contributed by atoms with Gasteiger partial charge < -0.3 is 15.0 Å². The van der Waals surface area contributed by atoms with Gasteiger partial charge in [0.2, 0.25) is 0 Å². The van der Waals surface area contributed by atoms with Crippen LogP contribution in [0.25, 0.3) is 0 Å². The Hall–Kier alpha value is -2.25. The molecule has 0 atom stereocenters. The van der Waals surface area contributed by atoms with E-state index in [9.17, 15) is 22.8 Å². The zero-order chi connectivity index (χ0) is 16.2. The summed E-state index contributed by atoms with van der Waals surface area (Å²) < 4.78 is 41.6. The minimum Gasteiger partial charge on any atom is -0.432 e. The van der Waals surface area contributed by atoms with Gasteiger partial charge in [0.15, 0.2) is 5.75 Å². The Balaban J connectivity index is 2.92. The average Bonchev–Trinajstić information content (AvgIpc) is 2.39. The number of carbonyl (C=O) groups excluding carboxylic acids is 2. The third-order valence-corrected chi connectivity index (χ3v) is 2.70. The van der Waals surface area contributed by atoms with Gasteiger partial charge in [0.1, 0.15) is 5.82 Å². The SMILES string of the molecule is CC(C)N(C)C(=O)C(=O)Nc1ccc(F)cc1OC(F)F. The van der Waals surface area contributed by atoms with Gasteiger partial charge >= 0.3 is 18.4 Å². The monoisotopic (exact) mass is 304 g/mol. The molecule has 0 saturated carbocycles. The lowest BCUT2D eigenvalue weighted by Crippen LogP contribution is -2.40. The highest BCUT2D eigenvalue weighted by molar-refractivity contribution is 6.39. The Morgan fingerprint density at radius 3 is 2.43 bits per heavy atom. The lowest BCUT2D eigenvalue weighted by Gasteiger charge is -2.21. The van der Waals surface area contributed by atoms with Crippen LogP contribution in [-0.4, -0.2) is 36.4 Å². The van der Waals surface area contributed by atoms with Crippen molar-refractivity contribution in [1.29, 1.82) is 0 Å². The van der Waals surface area contributed by atoms with Gasteiger partial charge in [-0.25, -0.2) is 4.39 Å². The molecule has 0 heterocycles. The molecule has 0 spiro atoms. The molecule has 1 N–H and O–H groups in total. The topological polar surface area (TPSA) is 58.6 Å². The number of rotatable bonds is 4. The molecule has 0 aliphatic heterocycles. The summed E-state index contributed by atoms with van der Waals surface area (Å²) in [6.07, 6.45) is 0. The van der Waals surface area contributed by atoms with Gasteiger partial charge in [-0.15, -0.1) is 0 Å². The van der Waals surface area contributed by atoms with Crippen LogP contribution in [0.5, 0.6) is 5.75 Å². The van der Waals surface area contributed by atoms with Crippen molar-refractivity contribution in [1.82, 2.24) is 4.90 Å². The normalized spacial score (nSPS) is 10.7. The van der Waals surface area contributed by atoms with Crippen molar-refractivity contribution in [2.75, 3.05) is 12.4 Å². The van der Waals surface area contributed by atoms with Crippen molar-refractivity contribution >= 4 is 17.5 Å². The van der Waals surface area contributed by atoms with E-state index in [4.69, 9.17) is 0 Å². The Bertz CT molecular complexity index is 535. The van der Waals surface area contributed by atoms with E-state index >= 15 is 0 Å². The molecule has 0 aromatic heterocycles. The van der Waals surface area contributed by atoms with Crippen molar-refractivity contribution in [3.8, 4) is 5.75 Å². The minimum absolute atomic E-state index is 0.215. The summed E-state index contributed by atoms with van der Waals surface area (Å²) in [5.74, 6) is -3.25. The summed E-state index contributed by atoms with van der Waals surface area (Å²) >= 11 is 0. The van der Waals surface area contributed by atoms with Gasteiger partial charge in [-0.2, -0.15) is 8.78 Å². The number of nitrogens with zero attached hydrogens (tertiary/aromatic N) is 1. The van der Waals surface area contributed by atoms with Crippen molar-refractivity contribution < 1.29 is 27.5 Å². The van der Waals surface area contributed by atoms with Gasteiger partial charge in [-0.05, 0) is 26.0 Å². The number of ether oxygens (including phenoxy) is 1. The summed E-state index contributed by atoms with van der Waals surface area (Å²) in [4.78, 5) is 24.7. The van der Waals surface area contributed by atoms with E-state index in [0.717, 1.165) is 12.1 Å². The maximum Gasteiger partial charge on any atom is 0.387 e. The van der Waals surface area contributed by atoms with Gasteiger partial charge in [-0.1, -0.05) is 0 Å². The largest absolute Gasteiger partial charge is 0.432 e. The van der Waals surface area contributed by atoms with Crippen LogP contribution in [0.2, 0.25) is 0 Å². The van der Waals surface area contributed by atoms with Crippen molar-refractivity contribution in [2.45, 2.75) is 26.5 Å². The molecule has 1 aromatic rings. The zero-order valence-electron chi connectivity index (χ0n) is 11.7. The number of nitrogens with one attached hydrogen (secondary N) is 1. The lowest BCUT2D eigenvalue weighted by molar-refractivity contribution is -0.143. The quantitative estimate of drug-likeness (QED) is 0.868. The fourth-order valence-corrected chi connectivity index (χ4v) is 1.36. The van der Waals surface area contributed by atoms with E-state index in [0.29, 0.717) is 6.07 Å². The van der Waals surface area contributed by atoms with Gasteiger partial charge in [0.25, 0.3) is 0 Å². The lowest BCUT2D eigenvalue weighted by atomic mass is 10.2. The third-order valence-electron chi connectivity index (χ3n) is 2.70. The second-order valence-electron chi connectivity index (χ2n) is 4.48. The van der Waals surface area contributed by atoms with E-state index in [-0.39, 0.29) is 11.7 Å². The van der Waals surface area contributed by atoms with Crippen LogP contribution in [0.3, 0.4) is 0 Å². The van der Waals surface area contributed by atoms with Crippen LogP contribution < -0.4 is 10.1 Å². The number of amides is 2. The third kappa shape index (κ3) is 4.66. The summed E-state index contributed by atoms with van der Waals surface area (Å²) in [7, 11) is 1.42. The van der Waals surface area contributed by atoms with Crippen molar-refractivity contribution in [2.24, 2.45) is 0 Å². The predicted molar refractivity (Wildman–Crippen MR) is 69.6 cm³/mol. The molecule has 0 fully saturated rings. The van der Waals surface area contributed by atoms with E-state index in [1.165, 1.54) is 11.9 Å². The van der Waals surface area contributed by atoms with Crippen molar-refractivity contribution in [3.63, 3.8) is 0 Å². The van der Waals surface area contributed by atoms with Gasteiger partial charge in [-0.3, -0.25) is 9.59 Å².